The topological polar surface area (TPSA) is 62.2 Å². The van der Waals surface area contributed by atoms with E-state index >= 15 is 0 Å². The molecule has 2 fully saturated rings. The average molecular weight is 398 g/mol. The Morgan fingerprint density at radius 1 is 1.37 bits per heavy atom. The van der Waals surface area contributed by atoms with E-state index in [4.69, 9.17) is 0 Å². The lowest BCUT2D eigenvalue weighted by atomic mass is 9.91. The van der Waals surface area contributed by atoms with Gasteiger partial charge in [-0.3, -0.25) is 14.4 Å². The van der Waals surface area contributed by atoms with Gasteiger partial charge in [0.1, 0.15) is 5.69 Å². The van der Waals surface area contributed by atoms with Crippen LogP contribution in [0.1, 0.15) is 69.4 Å². The zero-order chi connectivity index (χ0) is 18.6. The van der Waals surface area contributed by atoms with Gasteiger partial charge in [-0.2, -0.15) is 5.10 Å². The average Bonchev–Trinajstić information content (AvgIpc) is 3.17. The minimum Gasteiger partial charge on any atom is -0.349 e. The second kappa shape index (κ2) is 9.89. The van der Waals surface area contributed by atoms with Gasteiger partial charge < -0.3 is 10.6 Å². The largest absolute Gasteiger partial charge is 0.349 e. The van der Waals surface area contributed by atoms with Crippen molar-refractivity contribution in [2.24, 2.45) is 5.92 Å². The molecule has 2 atom stereocenters. The number of hydrogen-bond acceptors (Lipinski definition) is 4. The van der Waals surface area contributed by atoms with Crippen LogP contribution in [0.15, 0.2) is 12.3 Å². The molecule has 0 aliphatic carbocycles. The van der Waals surface area contributed by atoms with Crippen LogP contribution in [-0.4, -0.2) is 58.9 Å². The third-order valence-electron chi connectivity index (χ3n) is 6.12. The molecule has 0 bridgehead atoms. The van der Waals surface area contributed by atoms with Crippen LogP contribution in [0.4, 0.5) is 0 Å². The van der Waals surface area contributed by atoms with Crippen molar-refractivity contribution < 1.29 is 4.79 Å². The summed E-state index contributed by atoms with van der Waals surface area (Å²) < 4.78 is 1.95. The number of piperidine rings is 2. The molecule has 154 valence electrons. The molecular weight excluding hydrogens is 362 g/mol. The van der Waals surface area contributed by atoms with Crippen LogP contribution in [0.5, 0.6) is 0 Å². The van der Waals surface area contributed by atoms with Crippen LogP contribution < -0.4 is 10.6 Å². The fourth-order valence-corrected chi connectivity index (χ4v) is 4.17. The fourth-order valence-electron chi connectivity index (χ4n) is 4.17. The van der Waals surface area contributed by atoms with Gasteiger partial charge in [0, 0.05) is 31.4 Å². The van der Waals surface area contributed by atoms with Gasteiger partial charge in [-0.15, -0.1) is 12.4 Å². The third kappa shape index (κ3) is 5.69. The molecule has 0 saturated carbocycles. The lowest BCUT2D eigenvalue weighted by Crippen LogP contribution is -2.54. The Hall–Kier alpha value is -1.11. The predicted octanol–water partition coefficient (Wildman–Crippen LogP) is 2.86. The smallest absolute Gasteiger partial charge is 0.271 e. The minimum absolute atomic E-state index is 0. The number of nitrogens with one attached hydrogen (secondary N) is 2. The number of rotatable bonds is 6. The van der Waals surface area contributed by atoms with Crippen molar-refractivity contribution in [3.05, 3.63) is 18.0 Å². The van der Waals surface area contributed by atoms with Crippen LogP contribution >= 0.6 is 12.4 Å². The maximum absolute atomic E-state index is 12.6. The molecule has 3 heterocycles. The number of likely N-dealkylation sites (tertiary alicyclic amines) is 1. The number of amides is 1. The van der Waals surface area contributed by atoms with Crippen molar-refractivity contribution >= 4 is 18.3 Å². The third-order valence-corrected chi connectivity index (χ3v) is 6.12. The van der Waals surface area contributed by atoms with Crippen LogP contribution in [0, 0.1) is 5.92 Å². The van der Waals surface area contributed by atoms with E-state index in [1.54, 1.807) is 0 Å². The van der Waals surface area contributed by atoms with E-state index in [1.165, 1.54) is 19.3 Å². The minimum atomic E-state index is -0.0651. The van der Waals surface area contributed by atoms with E-state index in [0.29, 0.717) is 18.3 Å². The Kier molecular flexibility index (Phi) is 8.13. The van der Waals surface area contributed by atoms with Gasteiger partial charge in [-0.25, -0.2) is 0 Å². The highest BCUT2D eigenvalue weighted by molar-refractivity contribution is 5.92. The number of carbonyl (C=O) groups excluding carboxylic acids is 1. The molecule has 2 aliphatic heterocycles. The van der Waals surface area contributed by atoms with Crippen molar-refractivity contribution in [1.29, 1.82) is 0 Å². The Morgan fingerprint density at radius 2 is 2.19 bits per heavy atom. The van der Waals surface area contributed by atoms with Crippen LogP contribution in [0.25, 0.3) is 0 Å². The molecule has 2 aliphatic rings. The van der Waals surface area contributed by atoms with Crippen molar-refractivity contribution in [2.75, 3.05) is 32.7 Å². The highest BCUT2D eigenvalue weighted by Gasteiger charge is 2.31. The van der Waals surface area contributed by atoms with E-state index < -0.39 is 0 Å². The second-order valence-electron chi connectivity index (χ2n) is 8.54. The zero-order valence-corrected chi connectivity index (χ0v) is 17.9. The van der Waals surface area contributed by atoms with Crippen LogP contribution in [0.2, 0.25) is 0 Å². The molecule has 2 unspecified atom stereocenters. The monoisotopic (exact) mass is 397 g/mol. The highest BCUT2D eigenvalue weighted by Crippen LogP contribution is 2.25. The number of hydrogen-bond donors (Lipinski definition) is 2. The Labute approximate surface area is 169 Å². The zero-order valence-electron chi connectivity index (χ0n) is 17.0. The summed E-state index contributed by atoms with van der Waals surface area (Å²) >= 11 is 0. The van der Waals surface area contributed by atoms with Crippen molar-refractivity contribution in [3.63, 3.8) is 0 Å². The molecule has 0 radical (unpaired) electrons. The molecular formula is C20H36ClN5O. The molecule has 6 nitrogen and oxygen atoms in total. The normalized spacial score (nSPS) is 24.3. The Balaban J connectivity index is 0.00000261. The molecule has 27 heavy (non-hydrogen) atoms. The first kappa shape index (κ1) is 22.2. The molecule has 0 spiro atoms. The van der Waals surface area contributed by atoms with E-state index in [2.05, 4.69) is 41.4 Å². The van der Waals surface area contributed by atoms with Gasteiger partial charge in [-0.1, -0.05) is 13.3 Å². The number of aromatic nitrogens is 2. The van der Waals surface area contributed by atoms with Crippen molar-refractivity contribution in [2.45, 2.75) is 64.5 Å². The van der Waals surface area contributed by atoms with Gasteiger partial charge >= 0.3 is 0 Å². The van der Waals surface area contributed by atoms with E-state index in [-0.39, 0.29) is 23.9 Å². The lowest BCUT2D eigenvalue weighted by Gasteiger charge is -2.43. The van der Waals surface area contributed by atoms with Crippen LogP contribution in [0.3, 0.4) is 0 Å². The number of carbonyl (C=O) groups is 1. The van der Waals surface area contributed by atoms with Gasteiger partial charge in [0.15, 0.2) is 0 Å². The quantitative estimate of drug-likeness (QED) is 0.774. The van der Waals surface area contributed by atoms with E-state index in [0.717, 1.165) is 44.9 Å². The van der Waals surface area contributed by atoms with Gasteiger partial charge in [0.25, 0.3) is 5.91 Å². The molecule has 3 rings (SSSR count). The van der Waals surface area contributed by atoms with Gasteiger partial charge in [0.2, 0.25) is 0 Å². The summed E-state index contributed by atoms with van der Waals surface area (Å²) in [4.78, 5) is 15.1. The first-order valence-electron chi connectivity index (χ1n) is 10.3. The van der Waals surface area contributed by atoms with E-state index in [1.807, 2.05) is 16.9 Å². The first-order chi connectivity index (χ1) is 12.5. The molecule has 1 aromatic rings. The molecule has 2 saturated heterocycles. The Bertz CT molecular complexity index is 597. The van der Waals surface area contributed by atoms with E-state index in [9.17, 15) is 4.79 Å². The molecule has 0 aromatic carbocycles. The van der Waals surface area contributed by atoms with Gasteiger partial charge in [0.05, 0.1) is 6.04 Å². The summed E-state index contributed by atoms with van der Waals surface area (Å²) in [7, 11) is 0. The van der Waals surface area contributed by atoms with Crippen molar-refractivity contribution in [3.8, 4) is 0 Å². The summed E-state index contributed by atoms with van der Waals surface area (Å²) in [6.07, 6.45) is 8.06. The predicted molar refractivity (Wildman–Crippen MR) is 112 cm³/mol. The summed E-state index contributed by atoms with van der Waals surface area (Å²) in [6.45, 7) is 11.7. The SMILES string of the molecule is CCC1CCCN(C(C)(C)CNC(=O)c2ccn(C3CCCNC3)n2)C1.Cl. The first-order valence-corrected chi connectivity index (χ1v) is 10.3. The maximum Gasteiger partial charge on any atom is 0.271 e. The molecule has 1 aromatic heterocycles. The Morgan fingerprint density at radius 3 is 2.89 bits per heavy atom. The number of halogens is 1. The number of nitrogens with zero attached hydrogens (tertiary/aromatic N) is 3. The second-order valence-corrected chi connectivity index (χ2v) is 8.54. The lowest BCUT2D eigenvalue weighted by molar-refractivity contribution is 0.0610. The molecule has 7 heteroatoms. The highest BCUT2D eigenvalue weighted by atomic mass is 35.5. The standard InChI is InChI=1S/C20H35N5O.ClH/c1-4-16-7-6-11-24(14-16)20(2,3)15-22-19(26)18-9-12-25(23-18)17-8-5-10-21-13-17;/h9,12,16-17,21H,4-8,10-11,13-15H2,1-3H3,(H,22,26);1H. The summed E-state index contributed by atoms with van der Waals surface area (Å²) in [6, 6.07) is 2.20. The molecule has 2 N–H and O–H groups in total. The molecule has 1 amide bonds. The van der Waals surface area contributed by atoms with Gasteiger partial charge in [-0.05, 0) is 64.6 Å². The van der Waals surface area contributed by atoms with Crippen molar-refractivity contribution in [1.82, 2.24) is 25.3 Å². The fraction of sp³-hybridized carbons (Fsp3) is 0.800. The maximum atomic E-state index is 12.6. The summed E-state index contributed by atoms with van der Waals surface area (Å²) in [5.74, 6) is 0.725. The summed E-state index contributed by atoms with van der Waals surface area (Å²) in [5.41, 5.74) is 0.496. The summed E-state index contributed by atoms with van der Waals surface area (Å²) in [5, 5.41) is 11.0. The van der Waals surface area contributed by atoms with Crippen LogP contribution in [-0.2, 0) is 0 Å².